The van der Waals surface area contributed by atoms with Crippen LogP contribution in [-0.4, -0.2) is 24.0 Å². The van der Waals surface area contributed by atoms with Gasteiger partial charge in [-0.1, -0.05) is 22.0 Å². The number of benzene rings is 2. The van der Waals surface area contributed by atoms with E-state index in [-0.39, 0.29) is 27.3 Å². The number of urea groups is 1. The predicted molar refractivity (Wildman–Crippen MR) is 115 cm³/mol. The number of alkyl halides is 3. The van der Waals surface area contributed by atoms with Crippen LogP contribution in [0, 0.1) is 0 Å². The van der Waals surface area contributed by atoms with Crippen LogP contribution in [0.15, 0.2) is 65.3 Å². The summed E-state index contributed by atoms with van der Waals surface area (Å²) >= 11 is 2.87. The molecule has 0 aliphatic rings. The molecule has 0 unspecified atom stereocenters. The summed E-state index contributed by atoms with van der Waals surface area (Å²) in [6, 6.07) is 11.3. The van der Waals surface area contributed by atoms with E-state index < -0.39 is 23.7 Å². The number of rotatable bonds is 5. The van der Waals surface area contributed by atoms with Crippen molar-refractivity contribution in [3.63, 3.8) is 0 Å². The molecule has 7 nitrogen and oxygen atoms in total. The lowest BCUT2D eigenvalue weighted by molar-refractivity contribution is -0.138. The number of hydrogen-bond acceptors (Lipinski definition) is 4. The molecule has 1 heterocycles. The highest BCUT2D eigenvalue weighted by Crippen LogP contribution is 2.39. The Morgan fingerprint density at radius 2 is 1.75 bits per heavy atom. The molecule has 0 aliphatic heterocycles. The number of carbonyl (C=O) groups is 2. The van der Waals surface area contributed by atoms with E-state index in [4.69, 9.17) is 10.5 Å². The SMILES string of the molecule is CNC(=O)c1cc(Oc2cccc(N(C(N)=O)c3ccc(Br)c(C(F)(F)F)c3)c2)ccn1. The molecule has 166 valence electrons. The minimum Gasteiger partial charge on any atom is -0.457 e. The molecule has 0 spiro atoms. The first kappa shape index (κ1) is 23.1. The standard InChI is InChI=1S/C21H16BrF3N4O3/c1-27-19(30)18-11-15(7-8-28-18)32-14-4-2-3-12(9-14)29(20(26)31)13-5-6-17(22)16(10-13)21(23,24)25/h2-11H,1H3,(H2,26,31)(H,27,30). The Labute approximate surface area is 189 Å². The summed E-state index contributed by atoms with van der Waals surface area (Å²) in [4.78, 5) is 28.7. The second-order valence-electron chi connectivity index (χ2n) is 6.39. The van der Waals surface area contributed by atoms with Crippen molar-refractivity contribution in [2.75, 3.05) is 11.9 Å². The van der Waals surface area contributed by atoms with E-state index >= 15 is 0 Å². The van der Waals surface area contributed by atoms with Crippen LogP contribution >= 0.6 is 15.9 Å². The molecular weight excluding hydrogens is 493 g/mol. The van der Waals surface area contributed by atoms with Crippen molar-refractivity contribution in [1.82, 2.24) is 10.3 Å². The fourth-order valence-corrected chi connectivity index (χ4v) is 3.29. The van der Waals surface area contributed by atoms with E-state index in [2.05, 4.69) is 26.2 Å². The van der Waals surface area contributed by atoms with Gasteiger partial charge in [-0.25, -0.2) is 4.79 Å². The molecule has 0 radical (unpaired) electrons. The zero-order chi connectivity index (χ0) is 23.5. The molecule has 0 fully saturated rings. The lowest BCUT2D eigenvalue weighted by atomic mass is 10.1. The van der Waals surface area contributed by atoms with Crippen molar-refractivity contribution in [2.45, 2.75) is 6.18 Å². The van der Waals surface area contributed by atoms with Crippen molar-refractivity contribution in [3.05, 3.63) is 76.5 Å². The number of anilines is 2. The summed E-state index contributed by atoms with van der Waals surface area (Å²) in [7, 11) is 1.46. The highest BCUT2D eigenvalue weighted by atomic mass is 79.9. The molecule has 1 aromatic heterocycles. The van der Waals surface area contributed by atoms with Crippen LogP contribution in [0.25, 0.3) is 0 Å². The lowest BCUT2D eigenvalue weighted by Crippen LogP contribution is -2.31. The largest absolute Gasteiger partial charge is 0.457 e. The Kier molecular flexibility index (Phi) is 6.68. The topological polar surface area (TPSA) is 97.5 Å². The normalized spacial score (nSPS) is 11.0. The number of primary amides is 1. The molecule has 0 aliphatic carbocycles. The van der Waals surface area contributed by atoms with Gasteiger partial charge in [0.05, 0.1) is 16.9 Å². The zero-order valence-corrected chi connectivity index (χ0v) is 18.1. The van der Waals surface area contributed by atoms with Gasteiger partial charge in [0, 0.05) is 29.8 Å². The van der Waals surface area contributed by atoms with Crippen LogP contribution in [0.4, 0.5) is 29.3 Å². The summed E-state index contributed by atoms with van der Waals surface area (Å²) in [6.45, 7) is 0. The number of hydrogen-bond donors (Lipinski definition) is 2. The number of halogens is 4. The van der Waals surface area contributed by atoms with E-state index in [0.29, 0.717) is 5.75 Å². The minimum atomic E-state index is -4.63. The summed E-state index contributed by atoms with van der Waals surface area (Å²) in [5.74, 6) is 0.153. The number of nitrogens with one attached hydrogen (secondary N) is 1. The first-order chi connectivity index (χ1) is 15.1. The molecule has 3 amide bonds. The monoisotopic (exact) mass is 508 g/mol. The van der Waals surface area contributed by atoms with Crippen LogP contribution in [0.3, 0.4) is 0 Å². The number of pyridine rings is 1. The maximum Gasteiger partial charge on any atom is 0.417 e. The van der Waals surface area contributed by atoms with Crippen molar-refractivity contribution in [3.8, 4) is 11.5 Å². The van der Waals surface area contributed by atoms with Crippen LogP contribution in [0.1, 0.15) is 16.1 Å². The first-order valence-corrected chi connectivity index (χ1v) is 9.82. The second kappa shape index (κ2) is 9.27. The Morgan fingerprint density at radius 1 is 1.06 bits per heavy atom. The third-order valence-corrected chi connectivity index (χ3v) is 4.93. The number of ether oxygens (including phenoxy) is 1. The van der Waals surface area contributed by atoms with Gasteiger partial charge >= 0.3 is 12.2 Å². The minimum absolute atomic E-state index is 0.0732. The van der Waals surface area contributed by atoms with Gasteiger partial charge in [-0.15, -0.1) is 0 Å². The Hall–Kier alpha value is -3.60. The van der Waals surface area contributed by atoms with Crippen LogP contribution < -0.4 is 20.7 Å². The Balaban J connectivity index is 1.96. The van der Waals surface area contributed by atoms with E-state index in [1.165, 1.54) is 49.6 Å². The Bertz CT molecular complexity index is 1170. The fraction of sp³-hybridized carbons (Fsp3) is 0.0952. The van der Waals surface area contributed by atoms with E-state index in [0.717, 1.165) is 11.0 Å². The summed E-state index contributed by atoms with van der Waals surface area (Å²) in [5.41, 5.74) is 4.76. The molecule has 3 N–H and O–H groups in total. The smallest absolute Gasteiger partial charge is 0.417 e. The molecule has 11 heteroatoms. The first-order valence-electron chi connectivity index (χ1n) is 9.02. The van der Waals surface area contributed by atoms with Gasteiger partial charge in [-0.3, -0.25) is 14.7 Å². The van der Waals surface area contributed by atoms with Gasteiger partial charge in [0.25, 0.3) is 5.91 Å². The van der Waals surface area contributed by atoms with E-state index in [1.807, 2.05) is 0 Å². The predicted octanol–water partition coefficient (Wildman–Crippen LogP) is 5.23. The third kappa shape index (κ3) is 5.17. The second-order valence-corrected chi connectivity index (χ2v) is 7.25. The van der Waals surface area contributed by atoms with Crippen molar-refractivity contribution < 1.29 is 27.5 Å². The van der Waals surface area contributed by atoms with Crippen LogP contribution in [-0.2, 0) is 6.18 Å². The number of amides is 3. The molecule has 0 saturated carbocycles. The van der Waals surface area contributed by atoms with Crippen LogP contribution in [0.2, 0.25) is 0 Å². The van der Waals surface area contributed by atoms with Gasteiger partial charge < -0.3 is 15.8 Å². The van der Waals surface area contributed by atoms with Gasteiger partial charge in [-0.05, 0) is 36.4 Å². The average Bonchev–Trinajstić information content (AvgIpc) is 2.74. The zero-order valence-electron chi connectivity index (χ0n) is 16.5. The maximum absolute atomic E-state index is 13.3. The molecule has 2 aromatic carbocycles. The lowest BCUT2D eigenvalue weighted by Gasteiger charge is -2.23. The summed E-state index contributed by atoms with van der Waals surface area (Å²) in [5, 5.41) is 2.45. The van der Waals surface area contributed by atoms with Crippen molar-refractivity contribution in [2.24, 2.45) is 5.73 Å². The van der Waals surface area contributed by atoms with Gasteiger partial charge in [-0.2, -0.15) is 13.2 Å². The van der Waals surface area contributed by atoms with Gasteiger partial charge in [0.15, 0.2) is 0 Å². The average molecular weight is 509 g/mol. The van der Waals surface area contributed by atoms with E-state index in [1.54, 1.807) is 12.1 Å². The molecule has 3 aromatic rings. The third-order valence-electron chi connectivity index (χ3n) is 4.24. The Morgan fingerprint density at radius 3 is 2.41 bits per heavy atom. The number of aromatic nitrogens is 1. The molecule has 0 atom stereocenters. The van der Waals surface area contributed by atoms with Crippen molar-refractivity contribution in [1.29, 1.82) is 0 Å². The number of nitrogens with zero attached hydrogens (tertiary/aromatic N) is 2. The quantitative estimate of drug-likeness (QED) is 0.492. The molecule has 32 heavy (non-hydrogen) atoms. The molecule has 3 rings (SSSR count). The highest BCUT2D eigenvalue weighted by Gasteiger charge is 2.34. The fourth-order valence-electron chi connectivity index (χ4n) is 2.82. The number of carbonyl (C=O) groups excluding carboxylic acids is 2. The number of nitrogens with two attached hydrogens (primary N) is 1. The van der Waals surface area contributed by atoms with Crippen LogP contribution in [0.5, 0.6) is 11.5 Å². The van der Waals surface area contributed by atoms with Gasteiger partial charge in [0.1, 0.15) is 17.2 Å². The summed E-state index contributed by atoms with van der Waals surface area (Å²) < 4.78 is 45.5. The maximum atomic E-state index is 13.3. The summed E-state index contributed by atoms with van der Waals surface area (Å²) in [6.07, 6.45) is -3.24. The highest BCUT2D eigenvalue weighted by molar-refractivity contribution is 9.10. The molecule has 0 saturated heterocycles. The van der Waals surface area contributed by atoms with E-state index in [9.17, 15) is 22.8 Å². The van der Waals surface area contributed by atoms with Gasteiger partial charge in [0.2, 0.25) is 0 Å². The molecular formula is C21H16BrF3N4O3. The van der Waals surface area contributed by atoms with Crippen molar-refractivity contribution >= 4 is 39.2 Å². The molecule has 0 bridgehead atoms.